The zero-order valence-corrected chi connectivity index (χ0v) is 7.40. The van der Waals surface area contributed by atoms with Gasteiger partial charge in [-0.3, -0.25) is 0 Å². The lowest BCUT2D eigenvalue weighted by molar-refractivity contribution is 0.336. The molecule has 3 N–H and O–H groups in total. The van der Waals surface area contributed by atoms with Gasteiger partial charge in [-0.1, -0.05) is 0 Å². The Kier molecular flexibility index (Phi) is 5.25. The summed E-state index contributed by atoms with van der Waals surface area (Å²) in [5, 5.41) is 18.4. The van der Waals surface area contributed by atoms with E-state index in [0.717, 1.165) is 12.8 Å². The molecular formula is C6H11BrN2O. The van der Waals surface area contributed by atoms with Gasteiger partial charge in [0, 0.05) is 18.3 Å². The van der Waals surface area contributed by atoms with Crippen LogP contribution in [0.3, 0.4) is 0 Å². The highest BCUT2D eigenvalue weighted by molar-refractivity contribution is 9.11. The fraction of sp³-hybridized carbons (Fsp3) is 0.500. The Morgan fingerprint density at radius 3 is 2.70 bits per heavy atom. The standard InChI is InChI=1S/C6H11BrN2O/c1-2-9-6(7)5(3-8)4-10/h3,8-10H,2,4H2,1H3/b6-5+,8-3?. The van der Waals surface area contributed by atoms with Crippen molar-refractivity contribution in [2.45, 2.75) is 6.92 Å². The Balaban J connectivity index is 4.12. The van der Waals surface area contributed by atoms with Crippen LogP contribution in [0.2, 0.25) is 0 Å². The van der Waals surface area contributed by atoms with Crippen LogP contribution in [0, 0.1) is 5.41 Å². The van der Waals surface area contributed by atoms with Crippen LogP contribution in [0.5, 0.6) is 0 Å². The third-order valence-corrected chi connectivity index (χ3v) is 1.75. The molecule has 0 bridgehead atoms. The van der Waals surface area contributed by atoms with Gasteiger partial charge in [0.25, 0.3) is 0 Å². The van der Waals surface area contributed by atoms with Gasteiger partial charge in [-0.15, -0.1) is 0 Å². The van der Waals surface area contributed by atoms with E-state index in [4.69, 9.17) is 10.5 Å². The number of hydrogen-bond acceptors (Lipinski definition) is 3. The van der Waals surface area contributed by atoms with Crippen molar-refractivity contribution in [2.24, 2.45) is 0 Å². The Bertz CT molecular complexity index is 145. The van der Waals surface area contributed by atoms with Crippen molar-refractivity contribution in [3.63, 3.8) is 0 Å². The van der Waals surface area contributed by atoms with Gasteiger partial charge in [0.15, 0.2) is 0 Å². The van der Waals surface area contributed by atoms with Gasteiger partial charge in [0.2, 0.25) is 0 Å². The summed E-state index contributed by atoms with van der Waals surface area (Å²) in [5.74, 6) is 0. The summed E-state index contributed by atoms with van der Waals surface area (Å²) in [7, 11) is 0. The number of aliphatic hydroxyl groups excluding tert-OH is 1. The molecule has 0 aliphatic carbocycles. The van der Waals surface area contributed by atoms with E-state index in [1.54, 1.807) is 0 Å². The smallest absolute Gasteiger partial charge is 0.0851 e. The Labute approximate surface area is 68.8 Å². The van der Waals surface area contributed by atoms with Crippen molar-refractivity contribution >= 4 is 22.1 Å². The largest absolute Gasteiger partial charge is 0.392 e. The number of halogens is 1. The molecule has 4 heteroatoms. The van der Waals surface area contributed by atoms with E-state index in [1.807, 2.05) is 6.92 Å². The van der Waals surface area contributed by atoms with E-state index < -0.39 is 0 Å². The predicted molar refractivity (Wildman–Crippen MR) is 45.5 cm³/mol. The average Bonchev–Trinajstić information content (AvgIpc) is 1.91. The van der Waals surface area contributed by atoms with Crippen LogP contribution >= 0.6 is 15.9 Å². The van der Waals surface area contributed by atoms with Gasteiger partial charge in [-0.25, -0.2) is 0 Å². The third-order valence-electron chi connectivity index (χ3n) is 0.958. The Morgan fingerprint density at radius 2 is 2.40 bits per heavy atom. The molecule has 0 fully saturated rings. The molecule has 0 aromatic rings. The number of rotatable bonds is 4. The molecule has 0 aromatic carbocycles. The SMILES string of the molecule is CCN/C(Br)=C(\C=N)CO. The third kappa shape index (κ3) is 2.98. The molecule has 3 nitrogen and oxygen atoms in total. The Morgan fingerprint density at radius 1 is 1.80 bits per heavy atom. The molecule has 0 aliphatic rings. The summed E-state index contributed by atoms with van der Waals surface area (Å²) < 4.78 is 0.688. The van der Waals surface area contributed by atoms with Crippen LogP contribution in [0.4, 0.5) is 0 Å². The maximum atomic E-state index is 8.64. The van der Waals surface area contributed by atoms with E-state index in [2.05, 4.69) is 21.2 Å². The summed E-state index contributed by atoms with van der Waals surface area (Å²) in [6.45, 7) is 2.61. The summed E-state index contributed by atoms with van der Waals surface area (Å²) in [5.41, 5.74) is 0.557. The van der Waals surface area contributed by atoms with Crippen molar-refractivity contribution in [3.05, 3.63) is 10.2 Å². The highest BCUT2D eigenvalue weighted by Gasteiger charge is 1.96. The van der Waals surface area contributed by atoms with Gasteiger partial charge < -0.3 is 15.8 Å². The monoisotopic (exact) mass is 206 g/mol. The molecule has 0 aliphatic heterocycles. The van der Waals surface area contributed by atoms with Gasteiger partial charge in [-0.2, -0.15) is 0 Å². The van der Waals surface area contributed by atoms with Crippen LogP contribution < -0.4 is 5.32 Å². The zero-order valence-electron chi connectivity index (χ0n) is 5.82. The first-order valence-corrected chi connectivity index (χ1v) is 3.79. The predicted octanol–water partition coefficient (Wildman–Crippen LogP) is 0.844. The molecule has 0 saturated carbocycles. The van der Waals surface area contributed by atoms with Crippen LogP contribution in [0.25, 0.3) is 0 Å². The van der Waals surface area contributed by atoms with E-state index in [1.165, 1.54) is 0 Å². The first kappa shape index (κ1) is 9.65. The second-order valence-corrected chi connectivity index (χ2v) is 2.47. The molecule has 0 spiro atoms. The van der Waals surface area contributed by atoms with Crippen LogP contribution in [-0.4, -0.2) is 24.5 Å². The van der Waals surface area contributed by atoms with Crippen LogP contribution in [0.15, 0.2) is 10.2 Å². The summed E-state index contributed by atoms with van der Waals surface area (Å²) in [6, 6.07) is 0. The number of aliphatic hydroxyl groups is 1. The lowest BCUT2D eigenvalue weighted by Crippen LogP contribution is -2.11. The first-order chi connectivity index (χ1) is 4.76. The molecular weight excluding hydrogens is 196 g/mol. The average molecular weight is 207 g/mol. The summed E-state index contributed by atoms with van der Waals surface area (Å²) in [6.07, 6.45) is 1.12. The van der Waals surface area contributed by atoms with Crippen molar-refractivity contribution < 1.29 is 5.11 Å². The quantitative estimate of drug-likeness (QED) is 0.472. The minimum absolute atomic E-state index is 0.114. The van der Waals surface area contributed by atoms with E-state index >= 15 is 0 Å². The molecule has 0 aromatic heterocycles. The molecule has 10 heavy (non-hydrogen) atoms. The molecule has 0 amide bonds. The maximum absolute atomic E-state index is 8.64. The van der Waals surface area contributed by atoms with Crippen molar-refractivity contribution in [1.82, 2.24) is 5.32 Å². The summed E-state index contributed by atoms with van der Waals surface area (Å²) in [4.78, 5) is 0. The topological polar surface area (TPSA) is 56.1 Å². The highest BCUT2D eigenvalue weighted by Crippen LogP contribution is 2.05. The lowest BCUT2D eigenvalue weighted by Gasteiger charge is -2.03. The first-order valence-electron chi connectivity index (χ1n) is 3.00. The van der Waals surface area contributed by atoms with Crippen molar-refractivity contribution in [2.75, 3.05) is 13.2 Å². The second kappa shape index (κ2) is 5.44. The fourth-order valence-corrected chi connectivity index (χ4v) is 0.967. The van der Waals surface area contributed by atoms with E-state index in [9.17, 15) is 0 Å². The van der Waals surface area contributed by atoms with Gasteiger partial charge in [0.05, 0.1) is 11.2 Å². The molecule has 0 radical (unpaired) electrons. The normalized spacial score (nSPS) is 12.3. The fourth-order valence-electron chi connectivity index (χ4n) is 0.447. The van der Waals surface area contributed by atoms with Crippen LogP contribution in [-0.2, 0) is 0 Å². The van der Waals surface area contributed by atoms with Gasteiger partial charge >= 0.3 is 0 Å². The molecule has 0 unspecified atom stereocenters. The Hall–Kier alpha value is -0.350. The van der Waals surface area contributed by atoms with Gasteiger partial charge in [-0.05, 0) is 22.9 Å². The minimum Gasteiger partial charge on any atom is -0.392 e. The summed E-state index contributed by atoms with van der Waals surface area (Å²) >= 11 is 3.18. The molecule has 0 saturated heterocycles. The second-order valence-electron chi connectivity index (χ2n) is 1.67. The van der Waals surface area contributed by atoms with E-state index in [-0.39, 0.29) is 6.61 Å². The number of nitrogens with one attached hydrogen (secondary N) is 2. The lowest BCUT2D eigenvalue weighted by atomic mass is 10.3. The molecule has 0 atom stereocenters. The highest BCUT2D eigenvalue weighted by atomic mass is 79.9. The van der Waals surface area contributed by atoms with E-state index in [0.29, 0.717) is 10.2 Å². The zero-order chi connectivity index (χ0) is 7.98. The number of hydrogen-bond donors (Lipinski definition) is 3. The molecule has 0 rings (SSSR count). The maximum Gasteiger partial charge on any atom is 0.0851 e. The van der Waals surface area contributed by atoms with Crippen molar-refractivity contribution in [3.8, 4) is 0 Å². The van der Waals surface area contributed by atoms with Crippen LogP contribution in [0.1, 0.15) is 6.92 Å². The molecule has 0 heterocycles. The van der Waals surface area contributed by atoms with Crippen molar-refractivity contribution in [1.29, 1.82) is 5.41 Å². The molecule has 58 valence electrons. The van der Waals surface area contributed by atoms with Gasteiger partial charge in [0.1, 0.15) is 0 Å². The minimum atomic E-state index is -0.114.